The third-order valence-corrected chi connectivity index (χ3v) is 9.37. The predicted molar refractivity (Wildman–Crippen MR) is 115 cm³/mol. The van der Waals surface area contributed by atoms with Gasteiger partial charge in [0, 0.05) is 14.2 Å². The average molecular weight is 373 g/mol. The molecule has 152 valence electrons. The Morgan fingerprint density at radius 3 is 1.08 bits per heavy atom. The van der Waals surface area contributed by atoms with Crippen LogP contribution in [-0.4, -0.2) is 22.8 Å². The summed E-state index contributed by atoms with van der Waals surface area (Å²) >= 11 is 0. The van der Waals surface area contributed by atoms with E-state index in [0.29, 0.717) is 0 Å². The fraction of sp³-hybridized carbons (Fsp3) is 1.00. The third-order valence-electron chi connectivity index (χ3n) is 5.69. The van der Waals surface area contributed by atoms with Gasteiger partial charge in [0.15, 0.2) is 0 Å². The van der Waals surface area contributed by atoms with Gasteiger partial charge >= 0.3 is 8.56 Å². The Balaban J connectivity index is 3.21. The van der Waals surface area contributed by atoms with Gasteiger partial charge in [-0.2, -0.15) is 0 Å². The van der Waals surface area contributed by atoms with E-state index >= 15 is 0 Å². The highest BCUT2D eigenvalue weighted by Crippen LogP contribution is 2.21. The van der Waals surface area contributed by atoms with Crippen molar-refractivity contribution in [2.45, 2.75) is 129 Å². The fourth-order valence-corrected chi connectivity index (χ4v) is 5.99. The van der Waals surface area contributed by atoms with E-state index < -0.39 is 8.56 Å². The van der Waals surface area contributed by atoms with Crippen LogP contribution in [0.15, 0.2) is 0 Å². The van der Waals surface area contributed by atoms with Crippen LogP contribution in [0.25, 0.3) is 0 Å². The maximum Gasteiger partial charge on any atom is 0.337 e. The molecule has 0 aromatic carbocycles. The summed E-state index contributed by atoms with van der Waals surface area (Å²) < 4.78 is 11.4. The third kappa shape index (κ3) is 14.9. The molecular weight excluding hydrogens is 324 g/mol. The average Bonchev–Trinajstić information content (AvgIpc) is 2.65. The van der Waals surface area contributed by atoms with E-state index in [9.17, 15) is 0 Å². The standard InChI is InChI=1S/C22H48O2Si/c1-5-7-8-9-10-11-12-13-14-15-16-17-18-19-20-21-22-25(6-2,23-3)24-4/h5-22H2,1-4H3. The molecule has 3 heteroatoms. The van der Waals surface area contributed by atoms with Crippen molar-refractivity contribution in [1.82, 2.24) is 0 Å². The first-order chi connectivity index (χ1) is 12.2. The molecule has 0 radical (unpaired) electrons. The molecule has 2 nitrogen and oxygen atoms in total. The largest absolute Gasteiger partial charge is 0.398 e. The van der Waals surface area contributed by atoms with Crippen LogP contribution in [0.4, 0.5) is 0 Å². The van der Waals surface area contributed by atoms with Crippen molar-refractivity contribution in [3.8, 4) is 0 Å². The minimum Gasteiger partial charge on any atom is -0.398 e. The summed E-state index contributed by atoms with van der Waals surface area (Å²) in [7, 11) is 1.83. The minimum atomic E-state index is -1.82. The van der Waals surface area contributed by atoms with E-state index in [1.807, 2.05) is 14.2 Å². The molecule has 0 fully saturated rings. The Bertz CT molecular complexity index is 246. The Hall–Kier alpha value is 0.137. The second-order valence-electron chi connectivity index (χ2n) is 7.73. The number of unbranched alkanes of at least 4 members (excludes halogenated alkanes) is 15. The quantitative estimate of drug-likeness (QED) is 0.159. The van der Waals surface area contributed by atoms with Gasteiger partial charge in [-0.1, -0.05) is 117 Å². The number of hydrogen-bond donors (Lipinski definition) is 0. The van der Waals surface area contributed by atoms with E-state index in [4.69, 9.17) is 8.85 Å². The van der Waals surface area contributed by atoms with Crippen LogP contribution in [0.3, 0.4) is 0 Å². The van der Waals surface area contributed by atoms with E-state index in [1.165, 1.54) is 103 Å². The normalized spacial score (nSPS) is 12.0. The van der Waals surface area contributed by atoms with Gasteiger partial charge in [0.05, 0.1) is 0 Å². The second-order valence-corrected chi connectivity index (χ2v) is 11.6. The molecule has 0 spiro atoms. The summed E-state index contributed by atoms with van der Waals surface area (Å²) in [4.78, 5) is 0. The lowest BCUT2D eigenvalue weighted by Gasteiger charge is -2.25. The van der Waals surface area contributed by atoms with Crippen LogP contribution in [0.1, 0.15) is 117 Å². The molecular formula is C22H48O2Si. The van der Waals surface area contributed by atoms with Crippen LogP contribution in [0.5, 0.6) is 0 Å². The van der Waals surface area contributed by atoms with Gasteiger partial charge in [0.25, 0.3) is 0 Å². The predicted octanol–water partition coefficient (Wildman–Crippen LogP) is 8.00. The van der Waals surface area contributed by atoms with Crippen LogP contribution in [0, 0.1) is 0 Å². The number of rotatable bonds is 20. The monoisotopic (exact) mass is 372 g/mol. The Morgan fingerprint density at radius 2 is 0.800 bits per heavy atom. The van der Waals surface area contributed by atoms with E-state index in [1.54, 1.807) is 0 Å². The Kier molecular flexibility index (Phi) is 19.0. The van der Waals surface area contributed by atoms with Crippen molar-refractivity contribution in [3.63, 3.8) is 0 Å². The first kappa shape index (κ1) is 25.1. The maximum absolute atomic E-state index is 5.68. The summed E-state index contributed by atoms with van der Waals surface area (Å²) in [6.45, 7) is 4.49. The SMILES string of the molecule is CCCCCCCCCCCCCCCCCC[Si](CC)(OC)OC. The van der Waals surface area contributed by atoms with E-state index in [0.717, 1.165) is 12.1 Å². The first-order valence-corrected chi connectivity index (χ1v) is 13.6. The molecule has 0 unspecified atom stereocenters. The molecule has 0 amide bonds. The molecule has 0 aliphatic carbocycles. The molecule has 0 aromatic heterocycles. The van der Waals surface area contributed by atoms with Crippen molar-refractivity contribution in [2.75, 3.05) is 14.2 Å². The van der Waals surface area contributed by atoms with Crippen LogP contribution in [-0.2, 0) is 8.85 Å². The minimum absolute atomic E-state index is 1.07. The zero-order chi connectivity index (χ0) is 18.6. The maximum atomic E-state index is 5.68. The van der Waals surface area contributed by atoms with Crippen LogP contribution in [0.2, 0.25) is 12.1 Å². The summed E-state index contributed by atoms with van der Waals surface area (Å²) in [5.74, 6) is 0. The molecule has 0 rings (SSSR count). The smallest absolute Gasteiger partial charge is 0.337 e. The van der Waals surface area contributed by atoms with Gasteiger partial charge in [-0.25, -0.2) is 0 Å². The van der Waals surface area contributed by atoms with Gasteiger partial charge < -0.3 is 8.85 Å². The highest BCUT2D eigenvalue weighted by Gasteiger charge is 2.32. The zero-order valence-corrected chi connectivity index (χ0v) is 19.0. The number of hydrogen-bond acceptors (Lipinski definition) is 2. The van der Waals surface area contributed by atoms with Gasteiger partial charge in [0.2, 0.25) is 0 Å². The Morgan fingerprint density at radius 1 is 0.480 bits per heavy atom. The van der Waals surface area contributed by atoms with Crippen molar-refractivity contribution in [3.05, 3.63) is 0 Å². The Labute approximate surface area is 160 Å². The lowest BCUT2D eigenvalue weighted by molar-refractivity contribution is 0.241. The highest BCUT2D eigenvalue weighted by molar-refractivity contribution is 6.67. The molecule has 0 saturated carbocycles. The van der Waals surface area contributed by atoms with E-state index in [2.05, 4.69) is 13.8 Å². The molecule has 25 heavy (non-hydrogen) atoms. The summed E-state index contributed by atoms with van der Waals surface area (Å²) in [6, 6.07) is 2.23. The fourth-order valence-electron chi connectivity index (χ4n) is 3.70. The topological polar surface area (TPSA) is 18.5 Å². The van der Waals surface area contributed by atoms with Gasteiger partial charge in [-0.3, -0.25) is 0 Å². The summed E-state index contributed by atoms with van der Waals surface area (Å²) in [6.07, 6.45) is 22.8. The summed E-state index contributed by atoms with van der Waals surface area (Å²) in [5, 5.41) is 0. The van der Waals surface area contributed by atoms with Crippen molar-refractivity contribution >= 4 is 8.56 Å². The highest BCUT2D eigenvalue weighted by atomic mass is 28.4. The van der Waals surface area contributed by atoms with Crippen LogP contribution < -0.4 is 0 Å². The van der Waals surface area contributed by atoms with E-state index in [-0.39, 0.29) is 0 Å². The first-order valence-electron chi connectivity index (χ1n) is 11.3. The van der Waals surface area contributed by atoms with Gasteiger partial charge in [0.1, 0.15) is 0 Å². The molecule has 0 bridgehead atoms. The molecule has 0 aliphatic heterocycles. The lowest BCUT2D eigenvalue weighted by Crippen LogP contribution is -2.38. The van der Waals surface area contributed by atoms with Crippen molar-refractivity contribution in [1.29, 1.82) is 0 Å². The molecule has 0 N–H and O–H groups in total. The zero-order valence-electron chi connectivity index (χ0n) is 18.0. The van der Waals surface area contributed by atoms with Crippen LogP contribution >= 0.6 is 0 Å². The second kappa shape index (κ2) is 18.9. The molecule has 0 heterocycles. The molecule has 0 atom stereocenters. The van der Waals surface area contributed by atoms with Crippen molar-refractivity contribution in [2.24, 2.45) is 0 Å². The lowest BCUT2D eigenvalue weighted by atomic mass is 10.0. The molecule has 0 aliphatic rings. The molecule has 0 aromatic rings. The summed E-state index contributed by atoms with van der Waals surface area (Å²) in [5.41, 5.74) is 0. The van der Waals surface area contributed by atoms with Gasteiger partial charge in [-0.05, 0) is 12.1 Å². The van der Waals surface area contributed by atoms with Crippen molar-refractivity contribution < 1.29 is 8.85 Å². The molecule has 0 saturated heterocycles. The van der Waals surface area contributed by atoms with Gasteiger partial charge in [-0.15, -0.1) is 0 Å².